The molecule has 2 aromatic rings. The average Bonchev–Trinajstić information content (AvgIpc) is 3.42. The number of nitrogens with zero attached hydrogens (tertiary/aromatic N) is 2. The Morgan fingerprint density at radius 1 is 1.38 bits per heavy atom. The highest BCUT2D eigenvalue weighted by atomic mass is 16.5. The lowest BCUT2D eigenvalue weighted by Crippen LogP contribution is -2.38. The number of rotatable bonds is 7. The van der Waals surface area contributed by atoms with Crippen LogP contribution in [0.25, 0.3) is 0 Å². The largest absolute Gasteiger partial charge is 0.493 e. The fourth-order valence-electron chi connectivity index (χ4n) is 3.56. The van der Waals surface area contributed by atoms with Crippen LogP contribution in [0.2, 0.25) is 0 Å². The number of nitrogens with one attached hydrogen (secondary N) is 1. The molecule has 1 fully saturated rings. The zero-order chi connectivity index (χ0) is 17.9. The molecule has 1 saturated carbocycles. The van der Waals surface area contributed by atoms with E-state index in [4.69, 9.17) is 9.47 Å². The van der Waals surface area contributed by atoms with Crippen LogP contribution < -0.4 is 14.8 Å². The van der Waals surface area contributed by atoms with E-state index in [9.17, 15) is 4.79 Å². The van der Waals surface area contributed by atoms with Gasteiger partial charge in [-0.3, -0.25) is 9.48 Å². The van der Waals surface area contributed by atoms with Crippen LogP contribution in [0.1, 0.15) is 36.4 Å². The van der Waals surface area contributed by atoms with Crippen molar-refractivity contribution >= 4 is 5.91 Å². The normalized spacial score (nSPS) is 18.7. The molecule has 1 N–H and O–H groups in total. The van der Waals surface area contributed by atoms with Crippen LogP contribution in [0.3, 0.4) is 0 Å². The summed E-state index contributed by atoms with van der Waals surface area (Å²) in [5.41, 5.74) is 2.36. The summed E-state index contributed by atoms with van der Waals surface area (Å²) in [4.78, 5) is 12.5. The molecule has 0 unspecified atom stereocenters. The van der Waals surface area contributed by atoms with Gasteiger partial charge in [-0.15, -0.1) is 0 Å². The van der Waals surface area contributed by atoms with E-state index in [0.717, 1.165) is 30.0 Å². The average molecular weight is 355 g/mol. The predicted octanol–water partition coefficient (Wildman–Crippen LogP) is 2.53. The maximum absolute atomic E-state index is 12.5. The first kappa shape index (κ1) is 16.9. The van der Waals surface area contributed by atoms with Crippen molar-refractivity contribution in [3.05, 3.63) is 41.7 Å². The number of aryl methyl sites for hydroxylation is 1. The Balaban J connectivity index is 1.25. The summed E-state index contributed by atoms with van der Waals surface area (Å²) in [6.07, 6.45) is 5.98. The van der Waals surface area contributed by atoms with Gasteiger partial charge in [0.05, 0.1) is 13.0 Å². The van der Waals surface area contributed by atoms with Crippen LogP contribution in [0.5, 0.6) is 11.5 Å². The third-order valence-electron chi connectivity index (χ3n) is 5.14. The number of methoxy groups -OCH3 is 1. The Labute approximate surface area is 153 Å². The Kier molecular flexibility index (Phi) is 4.82. The van der Waals surface area contributed by atoms with Crippen molar-refractivity contribution in [2.75, 3.05) is 20.3 Å². The molecule has 2 heterocycles. The second-order valence-electron chi connectivity index (χ2n) is 7.06. The van der Waals surface area contributed by atoms with E-state index in [1.54, 1.807) is 7.11 Å². The lowest BCUT2D eigenvalue weighted by molar-refractivity contribution is -0.126. The molecular weight excluding hydrogens is 330 g/mol. The van der Waals surface area contributed by atoms with Gasteiger partial charge < -0.3 is 14.8 Å². The molecule has 0 bridgehead atoms. The van der Waals surface area contributed by atoms with Gasteiger partial charge in [0.1, 0.15) is 6.61 Å². The zero-order valence-electron chi connectivity index (χ0n) is 15.1. The van der Waals surface area contributed by atoms with Crippen LogP contribution in [0.4, 0.5) is 0 Å². The highest BCUT2D eigenvalue weighted by Crippen LogP contribution is 2.39. The highest BCUT2D eigenvalue weighted by Gasteiger charge is 2.28. The number of hydrogen-bond donors (Lipinski definition) is 1. The molecule has 1 aliphatic heterocycles. The molecule has 1 atom stereocenters. The zero-order valence-corrected chi connectivity index (χ0v) is 15.1. The van der Waals surface area contributed by atoms with Crippen molar-refractivity contribution in [2.24, 2.45) is 5.92 Å². The summed E-state index contributed by atoms with van der Waals surface area (Å²) < 4.78 is 13.2. The lowest BCUT2D eigenvalue weighted by atomic mass is 9.95. The number of amides is 1. The van der Waals surface area contributed by atoms with Crippen LogP contribution in [0.15, 0.2) is 30.5 Å². The number of ether oxygens (including phenoxy) is 2. The minimum atomic E-state index is -0.152. The summed E-state index contributed by atoms with van der Waals surface area (Å²) in [6, 6.07) is 7.92. The summed E-state index contributed by atoms with van der Waals surface area (Å²) in [5.74, 6) is 2.10. The maximum Gasteiger partial charge on any atom is 0.226 e. The van der Waals surface area contributed by atoms with Crippen molar-refractivity contribution in [2.45, 2.75) is 38.1 Å². The van der Waals surface area contributed by atoms with Gasteiger partial charge in [0.2, 0.25) is 5.91 Å². The van der Waals surface area contributed by atoms with Gasteiger partial charge in [0, 0.05) is 30.9 Å². The Bertz CT molecular complexity index is 782. The second kappa shape index (κ2) is 7.40. The SMILES string of the molecule is COc1cccc2c1OC[C@H](C(=O)NCCCn1nccc1C1CC1)C2. The summed E-state index contributed by atoms with van der Waals surface area (Å²) in [6.45, 7) is 1.90. The Morgan fingerprint density at radius 2 is 2.27 bits per heavy atom. The first-order valence-electron chi connectivity index (χ1n) is 9.34. The van der Waals surface area contributed by atoms with Crippen molar-refractivity contribution in [3.63, 3.8) is 0 Å². The number of benzene rings is 1. The van der Waals surface area contributed by atoms with Gasteiger partial charge in [-0.1, -0.05) is 12.1 Å². The fraction of sp³-hybridized carbons (Fsp3) is 0.500. The minimum absolute atomic E-state index is 0.0568. The van der Waals surface area contributed by atoms with Crippen molar-refractivity contribution < 1.29 is 14.3 Å². The molecule has 138 valence electrons. The number of carbonyl (C=O) groups is 1. The van der Waals surface area contributed by atoms with E-state index in [1.807, 2.05) is 24.4 Å². The lowest BCUT2D eigenvalue weighted by Gasteiger charge is -2.25. The van der Waals surface area contributed by atoms with Gasteiger partial charge in [0.15, 0.2) is 11.5 Å². The van der Waals surface area contributed by atoms with E-state index in [-0.39, 0.29) is 11.8 Å². The van der Waals surface area contributed by atoms with Crippen LogP contribution in [-0.4, -0.2) is 35.9 Å². The standard InChI is InChI=1S/C20H25N3O3/c1-25-18-5-2-4-15-12-16(13-26-19(15)18)20(24)21-9-3-11-23-17(8-10-22-23)14-6-7-14/h2,4-5,8,10,14,16H,3,6-7,9,11-13H2,1H3,(H,21,24)/t16-/m1/s1. The van der Waals surface area contributed by atoms with Crippen molar-refractivity contribution in [3.8, 4) is 11.5 Å². The van der Waals surface area contributed by atoms with Gasteiger partial charge in [-0.2, -0.15) is 5.10 Å². The monoisotopic (exact) mass is 355 g/mol. The molecule has 1 amide bonds. The second-order valence-corrected chi connectivity index (χ2v) is 7.06. The Hall–Kier alpha value is -2.50. The van der Waals surface area contributed by atoms with Crippen molar-refractivity contribution in [1.29, 1.82) is 0 Å². The minimum Gasteiger partial charge on any atom is -0.493 e. The molecule has 2 aliphatic rings. The third kappa shape index (κ3) is 3.54. The molecule has 1 aromatic carbocycles. The van der Waals surface area contributed by atoms with E-state index in [2.05, 4.69) is 21.2 Å². The number of aromatic nitrogens is 2. The van der Waals surface area contributed by atoms with E-state index < -0.39 is 0 Å². The Morgan fingerprint density at radius 3 is 3.08 bits per heavy atom. The summed E-state index contributed by atoms with van der Waals surface area (Å²) in [7, 11) is 1.63. The van der Waals surface area contributed by atoms with E-state index in [0.29, 0.717) is 25.5 Å². The van der Waals surface area contributed by atoms with E-state index >= 15 is 0 Å². The first-order valence-corrected chi connectivity index (χ1v) is 9.34. The molecule has 6 nitrogen and oxygen atoms in total. The van der Waals surface area contributed by atoms with Crippen LogP contribution >= 0.6 is 0 Å². The highest BCUT2D eigenvalue weighted by molar-refractivity contribution is 5.79. The predicted molar refractivity (Wildman–Crippen MR) is 97.5 cm³/mol. The number of fused-ring (bicyclic) bond motifs is 1. The van der Waals surface area contributed by atoms with Gasteiger partial charge in [-0.05, 0) is 43.4 Å². The molecule has 1 aliphatic carbocycles. The molecule has 26 heavy (non-hydrogen) atoms. The van der Waals surface area contributed by atoms with Gasteiger partial charge in [0.25, 0.3) is 0 Å². The smallest absolute Gasteiger partial charge is 0.226 e. The van der Waals surface area contributed by atoms with Crippen molar-refractivity contribution in [1.82, 2.24) is 15.1 Å². The van der Waals surface area contributed by atoms with E-state index in [1.165, 1.54) is 18.5 Å². The number of hydrogen-bond acceptors (Lipinski definition) is 4. The molecule has 6 heteroatoms. The molecule has 0 saturated heterocycles. The first-order chi connectivity index (χ1) is 12.8. The summed E-state index contributed by atoms with van der Waals surface area (Å²) in [5, 5.41) is 7.44. The fourth-order valence-corrected chi connectivity index (χ4v) is 3.56. The molecule has 4 rings (SSSR count). The molecule has 0 radical (unpaired) electrons. The van der Waals surface area contributed by atoms with Gasteiger partial charge in [-0.25, -0.2) is 0 Å². The van der Waals surface area contributed by atoms with Crippen LogP contribution in [-0.2, 0) is 17.8 Å². The van der Waals surface area contributed by atoms with Crippen LogP contribution in [0, 0.1) is 5.92 Å². The topological polar surface area (TPSA) is 65.4 Å². The molecular formula is C20H25N3O3. The maximum atomic E-state index is 12.5. The third-order valence-corrected chi connectivity index (χ3v) is 5.14. The summed E-state index contributed by atoms with van der Waals surface area (Å²) >= 11 is 0. The molecule has 0 spiro atoms. The van der Waals surface area contributed by atoms with Gasteiger partial charge >= 0.3 is 0 Å². The number of carbonyl (C=O) groups excluding carboxylic acids is 1. The quantitative estimate of drug-likeness (QED) is 0.775. The molecule has 1 aromatic heterocycles. The number of para-hydroxylation sites is 1.